The van der Waals surface area contributed by atoms with Gasteiger partial charge in [-0.3, -0.25) is 9.48 Å². The summed E-state index contributed by atoms with van der Waals surface area (Å²) in [5, 5.41) is 6.42. The lowest BCUT2D eigenvalue weighted by molar-refractivity contribution is 0.103. The summed E-state index contributed by atoms with van der Waals surface area (Å²) < 4.78 is 1.59. The molecule has 78 valence electrons. The van der Waals surface area contributed by atoms with E-state index in [9.17, 15) is 4.79 Å². The second-order valence-corrected chi connectivity index (χ2v) is 4.01. The van der Waals surface area contributed by atoms with Crippen LogP contribution in [0.4, 0.5) is 0 Å². The molecule has 0 aliphatic heterocycles. The van der Waals surface area contributed by atoms with Crippen LogP contribution in [0.3, 0.4) is 0 Å². The second kappa shape index (κ2) is 3.92. The Morgan fingerprint density at radius 2 is 2.47 bits per heavy atom. The van der Waals surface area contributed by atoms with Crippen molar-refractivity contribution in [3.05, 3.63) is 34.0 Å². The molecule has 0 aliphatic carbocycles. The number of nitrogens with two attached hydrogens (primary N) is 1. The zero-order valence-electron chi connectivity index (χ0n) is 8.17. The predicted molar refractivity (Wildman–Crippen MR) is 56.6 cm³/mol. The van der Waals surface area contributed by atoms with Gasteiger partial charge in [0.1, 0.15) is 10.7 Å². The average molecular weight is 222 g/mol. The highest BCUT2D eigenvalue weighted by Gasteiger charge is 2.14. The number of aryl methyl sites for hydroxylation is 1. The van der Waals surface area contributed by atoms with Crippen LogP contribution in [0.1, 0.15) is 21.1 Å². The van der Waals surface area contributed by atoms with Crippen LogP contribution in [0, 0.1) is 0 Å². The molecule has 2 heterocycles. The van der Waals surface area contributed by atoms with Gasteiger partial charge in [-0.1, -0.05) is 0 Å². The molecule has 0 aliphatic rings. The van der Waals surface area contributed by atoms with E-state index < -0.39 is 0 Å². The highest BCUT2D eigenvalue weighted by Crippen LogP contribution is 2.13. The molecule has 0 atom stereocenters. The van der Waals surface area contributed by atoms with Gasteiger partial charge >= 0.3 is 0 Å². The summed E-state index contributed by atoms with van der Waals surface area (Å²) in [7, 11) is 1.77. The molecule has 0 amide bonds. The third-order valence-electron chi connectivity index (χ3n) is 1.93. The predicted octanol–water partition coefficient (Wildman–Crippen LogP) is 0.566. The fourth-order valence-electron chi connectivity index (χ4n) is 1.20. The number of nitrogens with zero attached hydrogens (tertiary/aromatic N) is 3. The van der Waals surface area contributed by atoms with Gasteiger partial charge in [0.05, 0.1) is 11.8 Å². The van der Waals surface area contributed by atoms with Gasteiger partial charge in [-0.2, -0.15) is 5.10 Å². The Labute approximate surface area is 90.6 Å². The number of carbonyl (C=O) groups excluding carboxylic acids is 1. The van der Waals surface area contributed by atoms with E-state index in [2.05, 4.69) is 10.1 Å². The van der Waals surface area contributed by atoms with E-state index in [0.29, 0.717) is 17.8 Å². The van der Waals surface area contributed by atoms with Gasteiger partial charge in [-0.05, 0) is 0 Å². The van der Waals surface area contributed by atoms with Gasteiger partial charge < -0.3 is 5.73 Å². The highest BCUT2D eigenvalue weighted by atomic mass is 32.1. The Kier molecular flexibility index (Phi) is 2.61. The normalized spacial score (nSPS) is 10.5. The molecular weight excluding hydrogens is 212 g/mol. The first-order valence-electron chi connectivity index (χ1n) is 4.38. The van der Waals surface area contributed by atoms with Gasteiger partial charge in [0.25, 0.3) is 0 Å². The van der Waals surface area contributed by atoms with Crippen molar-refractivity contribution in [3.8, 4) is 0 Å². The maximum Gasteiger partial charge on any atom is 0.215 e. The molecule has 0 saturated carbocycles. The molecule has 15 heavy (non-hydrogen) atoms. The van der Waals surface area contributed by atoms with E-state index in [0.717, 1.165) is 5.01 Å². The van der Waals surface area contributed by atoms with Crippen molar-refractivity contribution in [1.29, 1.82) is 0 Å². The third kappa shape index (κ3) is 1.95. The lowest BCUT2D eigenvalue weighted by Crippen LogP contribution is -2.02. The maximum absolute atomic E-state index is 11.8. The van der Waals surface area contributed by atoms with Crippen molar-refractivity contribution < 1.29 is 4.79 Å². The Morgan fingerprint density at radius 1 is 1.67 bits per heavy atom. The molecule has 0 aromatic carbocycles. The largest absolute Gasteiger partial charge is 0.325 e. The number of carbonyl (C=O) groups is 1. The van der Waals surface area contributed by atoms with Crippen LogP contribution in [0.2, 0.25) is 0 Å². The Hall–Kier alpha value is -1.53. The Balaban J connectivity index is 2.28. The van der Waals surface area contributed by atoms with Crippen LogP contribution >= 0.6 is 11.3 Å². The van der Waals surface area contributed by atoms with Gasteiger partial charge in [0, 0.05) is 25.2 Å². The molecule has 2 rings (SSSR count). The van der Waals surface area contributed by atoms with E-state index in [-0.39, 0.29) is 5.78 Å². The van der Waals surface area contributed by atoms with Gasteiger partial charge in [-0.25, -0.2) is 4.98 Å². The highest BCUT2D eigenvalue weighted by molar-refractivity contribution is 7.09. The van der Waals surface area contributed by atoms with Gasteiger partial charge in [0.2, 0.25) is 5.78 Å². The monoisotopic (exact) mass is 222 g/mol. The molecule has 0 bridgehead atoms. The molecule has 2 aromatic heterocycles. The third-order valence-corrected chi connectivity index (χ3v) is 2.80. The number of aromatic nitrogens is 3. The summed E-state index contributed by atoms with van der Waals surface area (Å²) in [5.74, 6) is -0.112. The molecule has 0 unspecified atom stereocenters. The fraction of sp³-hybridized carbons (Fsp3) is 0.222. The van der Waals surface area contributed by atoms with E-state index in [1.165, 1.54) is 17.5 Å². The minimum absolute atomic E-state index is 0.112. The Morgan fingerprint density at radius 3 is 3.00 bits per heavy atom. The minimum Gasteiger partial charge on any atom is -0.325 e. The molecular formula is C9H10N4OS. The summed E-state index contributed by atoms with van der Waals surface area (Å²) >= 11 is 1.40. The quantitative estimate of drug-likeness (QED) is 0.770. The van der Waals surface area contributed by atoms with Crippen LogP contribution in [-0.2, 0) is 13.6 Å². The van der Waals surface area contributed by atoms with E-state index in [1.807, 2.05) is 0 Å². The molecule has 0 radical (unpaired) electrons. The van der Waals surface area contributed by atoms with Crippen molar-refractivity contribution in [3.63, 3.8) is 0 Å². The van der Waals surface area contributed by atoms with Crippen LogP contribution in [0.15, 0.2) is 17.8 Å². The maximum atomic E-state index is 11.8. The van der Waals surface area contributed by atoms with Crippen molar-refractivity contribution in [2.45, 2.75) is 6.54 Å². The number of rotatable bonds is 3. The molecule has 5 nitrogen and oxygen atoms in total. The molecule has 0 spiro atoms. The topological polar surface area (TPSA) is 73.8 Å². The van der Waals surface area contributed by atoms with E-state index in [4.69, 9.17) is 5.73 Å². The molecule has 2 N–H and O–H groups in total. The summed E-state index contributed by atoms with van der Waals surface area (Å²) in [5.41, 5.74) is 6.41. The van der Waals surface area contributed by atoms with Gasteiger partial charge in [-0.15, -0.1) is 11.3 Å². The number of hydrogen-bond donors (Lipinski definition) is 1. The summed E-state index contributed by atoms with van der Waals surface area (Å²) in [6.07, 6.45) is 3.20. The van der Waals surface area contributed by atoms with E-state index in [1.54, 1.807) is 23.3 Å². The van der Waals surface area contributed by atoms with Gasteiger partial charge in [0.15, 0.2) is 0 Å². The number of thiazole rings is 1. The lowest BCUT2D eigenvalue weighted by atomic mass is 10.2. The molecule has 6 heteroatoms. The first-order valence-corrected chi connectivity index (χ1v) is 5.26. The summed E-state index contributed by atoms with van der Waals surface area (Å²) in [6.45, 7) is 0.366. The molecule has 0 saturated heterocycles. The first-order chi connectivity index (χ1) is 7.20. The standard InChI is InChI=1S/C9H10N4OS/c1-13-4-6(3-11-13)9(14)7-5-15-8(2-10)12-7/h3-5H,2,10H2,1H3. The number of ketones is 1. The number of hydrogen-bond acceptors (Lipinski definition) is 5. The molecule has 0 fully saturated rings. The summed E-state index contributed by atoms with van der Waals surface area (Å²) in [6, 6.07) is 0. The van der Waals surface area contributed by atoms with Crippen molar-refractivity contribution in [1.82, 2.24) is 14.8 Å². The van der Waals surface area contributed by atoms with Crippen LogP contribution < -0.4 is 5.73 Å². The summed E-state index contributed by atoms with van der Waals surface area (Å²) in [4.78, 5) is 16.0. The minimum atomic E-state index is -0.112. The smallest absolute Gasteiger partial charge is 0.215 e. The van der Waals surface area contributed by atoms with Crippen molar-refractivity contribution >= 4 is 17.1 Å². The zero-order chi connectivity index (χ0) is 10.8. The Bertz CT molecular complexity index is 488. The van der Waals surface area contributed by atoms with Crippen LogP contribution in [0.5, 0.6) is 0 Å². The molecule has 2 aromatic rings. The fourth-order valence-corrected chi connectivity index (χ4v) is 1.85. The lowest BCUT2D eigenvalue weighted by Gasteiger charge is -1.90. The van der Waals surface area contributed by atoms with Crippen LogP contribution in [-0.4, -0.2) is 20.5 Å². The van der Waals surface area contributed by atoms with Crippen molar-refractivity contribution in [2.75, 3.05) is 0 Å². The zero-order valence-corrected chi connectivity index (χ0v) is 8.99. The van der Waals surface area contributed by atoms with E-state index >= 15 is 0 Å². The van der Waals surface area contributed by atoms with Crippen LogP contribution in [0.25, 0.3) is 0 Å². The second-order valence-electron chi connectivity index (χ2n) is 3.06. The first kappa shape index (κ1) is 10.0. The van der Waals surface area contributed by atoms with Crippen molar-refractivity contribution in [2.24, 2.45) is 12.8 Å². The SMILES string of the molecule is Cn1cc(C(=O)c2csc(CN)n2)cn1. The average Bonchev–Trinajstić information content (AvgIpc) is 2.84.